The zero-order valence-electron chi connectivity index (χ0n) is 11.7. The van der Waals surface area contributed by atoms with E-state index in [0.717, 1.165) is 12.1 Å². The topological polar surface area (TPSA) is 20.3 Å². The Morgan fingerprint density at radius 1 is 1.21 bits per heavy atom. The third kappa shape index (κ3) is 3.95. The van der Waals surface area contributed by atoms with Crippen molar-refractivity contribution in [1.82, 2.24) is 4.90 Å². The lowest BCUT2D eigenvalue weighted by Crippen LogP contribution is -2.40. The Balaban J connectivity index is 1.98. The molecule has 0 bridgehead atoms. The van der Waals surface area contributed by atoms with Crippen LogP contribution in [-0.2, 0) is 4.79 Å². The number of likely N-dealkylation sites (N-methyl/N-ethyl adjacent to an activating group) is 1. The SMILES string of the molecule is CCN(C(=O)/C=C/c1ccccc1)C1CCCCC1. The van der Waals surface area contributed by atoms with Gasteiger partial charge in [-0.05, 0) is 31.4 Å². The van der Waals surface area contributed by atoms with Crippen LogP contribution < -0.4 is 0 Å². The molecule has 1 saturated carbocycles. The third-order valence-corrected chi connectivity index (χ3v) is 3.86. The molecule has 19 heavy (non-hydrogen) atoms. The Morgan fingerprint density at radius 3 is 2.53 bits per heavy atom. The zero-order chi connectivity index (χ0) is 13.5. The lowest BCUT2D eigenvalue weighted by atomic mass is 9.94. The highest BCUT2D eigenvalue weighted by molar-refractivity contribution is 5.92. The predicted molar refractivity (Wildman–Crippen MR) is 79.7 cm³/mol. The maximum Gasteiger partial charge on any atom is 0.246 e. The normalized spacial score (nSPS) is 16.7. The average Bonchev–Trinajstić information content (AvgIpc) is 2.48. The molecular weight excluding hydrogens is 234 g/mol. The molecule has 1 aliphatic carbocycles. The van der Waals surface area contributed by atoms with Crippen molar-refractivity contribution >= 4 is 12.0 Å². The Morgan fingerprint density at radius 2 is 1.89 bits per heavy atom. The molecule has 1 aromatic carbocycles. The molecule has 2 rings (SSSR count). The van der Waals surface area contributed by atoms with E-state index in [1.807, 2.05) is 41.3 Å². The summed E-state index contributed by atoms with van der Waals surface area (Å²) in [6, 6.07) is 10.4. The van der Waals surface area contributed by atoms with E-state index in [1.165, 1.54) is 32.1 Å². The van der Waals surface area contributed by atoms with Crippen LogP contribution in [0.1, 0.15) is 44.6 Å². The van der Waals surface area contributed by atoms with Crippen molar-refractivity contribution in [1.29, 1.82) is 0 Å². The molecule has 0 saturated heterocycles. The van der Waals surface area contributed by atoms with Gasteiger partial charge in [-0.1, -0.05) is 49.6 Å². The maximum atomic E-state index is 12.3. The summed E-state index contributed by atoms with van der Waals surface area (Å²) < 4.78 is 0. The van der Waals surface area contributed by atoms with Gasteiger partial charge < -0.3 is 4.90 Å². The quantitative estimate of drug-likeness (QED) is 0.750. The number of hydrogen-bond donors (Lipinski definition) is 0. The fraction of sp³-hybridized carbons (Fsp3) is 0.471. The summed E-state index contributed by atoms with van der Waals surface area (Å²) in [6.45, 7) is 2.88. The summed E-state index contributed by atoms with van der Waals surface area (Å²) in [5, 5.41) is 0. The maximum absolute atomic E-state index is 12.3. The summed E-state index contributed by atoms with van der Waals surface area (Å²) in [7, 11) is 0. The van der Waals surface area contributed by atoms with E-state index in [0.29, 0.717) is 6.04 Å². The van der Waals surface area contributed by atoms with Crippen LogP contribution in [-0.4, -0.2) is 23.4 Å². The van der Waals surface area contributed by atoms with Crippen molar-refractivity contribution in [2.75, 3.05) is 6.54 Å². The van der Waals surface area contributed by atoms with Gasteiger partial charge in [0.1, 0.15) is 0 Å². The van der Waals surface area contributed by atoms with Crippen LogP contribution in [0.25, 0.3) is 6.08 Å². The first-order valence-electron chi connectivity index (χ1n) is 7.35. The van der Waals surface area contributed by atoms with E-state index < -0.39 is 0 Å². The van der Waals surface area contributed by atoms with Gasteiger partial charge in [0.15, 0.2) is 0 Å². The fourth-order valence-electron chi connectivity index (χ4n) is 2.81. The molecule has 0 spiro atoms. The van der Waals surface area contributed by atoms with Crippen LogP contribution in [0.15, 0.2) is 36.4 Å². The minimum Gasteiger partial charge on any atom is -0.336 e. The van der Waals surface area contributed by atoms with E-state index >= 15 is 0 Å². The monoisotopic (exact) mass is 257 g/mol. The average molecular weight is 257 g/mol. The van der Waals surface area contributed by atoms with Crippen LogP contribution in [0.3, 0.4) is 0 Å². The molecule has 0 aliphatic heterocycles. The fourth-order valence-corrected chi connectivity index (χ4v) is 2.81. The Kier molecular flexibility index (Phi) is 5.20. The largest absolute Gasteiger partial charge is 0.336 e. The summed E-state index contributed by atoms with van der Waals surface area (Å²) in [4.78, 5) is 14.3. The summed E-state index contributed by atoms with van der Waals surface area (Å²) in [5.74, 6) is 0.151. The number of rotatable bonds is 4. The number of amides is 1. The van der Waals surface area contributed by atoms with Crippen LogP contribution in [0, 0.1) is 0 Å². The Hall–Kier alpha value is -1.57. The molecule has 0 unspecified atom stereocenters. The van der Waals surface area contributed by atoms with Gasteiger partial charge in [-0.3, -0.25) is 4.79 Å². The molecule has 2 heteroatoms. The number of benzene rings is 1. The number of carbonyl (C=O) groups excluding carboxylic acids is 1. The van der Waals surface area contributed by atoms with Crippen molar-refractivity contribution < 1.29 is 4.79 Å². The molecule has 1 fully saturated rings. The molecule has 2 nitrogen and oxygen atoms in total. The first-order valence-corrected chi connectivity index (χ1v) is 7.35. The van der Waals surface area contributed by atoms with Crippen LogP contribution in [0.5, 0.6) is 0 Å². The van der Waals surface area contributed by atoms with Gasteiger partial charge in [0.05, 0.1) is 0 Å². The van der Waals surface area contributed by atoms with Crippen molar-refractivity contribution in [3.05, 3.63) is 42.0 Å². The van der Waals surface area contributed by atoms with Crippen molar-refractivity contribution in [2.45, 2.75) is 45.1 Å². The highest BCUT2D eigenvalue weighted by Crippen LogP contribution is 2.22. The first kappa shape index (κ1) is 13.9. The number of hydrogen-bond acceptors (Lipinski definition) is 1. The summed E-state index contributed by atoms with van der Waals surface area (Å²) in [5.41, 5.74) is 1.08. The van der Waals surface area contributed by atoms with E-state index in [4.69, 9.17) is 0 Å². The van der Waals surface area contributed by atoms with E-state index in [-0.39, 0.29) is 5.91 Å². The molecule has 0 heterocycles. The summed E-state index contributed by atoms with van der Waals surface area (Å²) in [6.07, 6.45) is 9.80. The van der Waals surface area contributed by atoms with Gasteiger partial charge in [0, 0.05) is 18.7 Å². The number of carbonyl (C=O) groups is 1. The lowest BCUT2D eigenvalue weighted by molar-refractivity contribution is -0.128. The molecule has 0 N–H and O–H groups in total. The highest BCUT2D eigenvalue weighted by Gasteiger charge is 2.22. The van der Waals surface area contributed by atoms with Gasteiger partial charge in [0.25, 0.3) is 0 Å². The molecule has 0 atom stereocenters. The van der Waals surface area contributed by atoms with E-state index in [1.54, 1.807) is 6.08 Å². The predicted octanol–water partition coefficient (Wildman–Crippen LogP) is 3.88. The van der Waals surface area contributed by atoms with Gasteiger partial charge in [-0.25, -0.2) is 0 Å². The minimum absolute atomic E-state index is 0.151. The first-order chi connectivity index (χ1) is 9.31. The lowest BCUT2D eigenvalue weighted by Gasteiger charge is -2.32. The third-order valence-electron chi connectivity index (χ3n) is 3.86. The Labute approximate surface area is 116 Å². The standard InChI is InChI=1S/C17H23NO/c1-2-18(16-11-7-4-8-12-16)17(19)14-13-15-9-5-3-6-10-15/h3,5-6,9-10,13-14,16H,2,4,7-8,11-12H2,1H3/b14-13+. The smallest absolute Gasteiger partial charge is 0.246 e. The number of nitrogens with zero attached hydrogens (tertiary/aromatic N) is 1. The summed E-state index contributed by atoms with van der Waals surface area (Å²) >= 11 is 0. The van der Waals surface area contributed by atoms with Crippen molar-refractivity contribution in [3.63, 3.8) is 0 Å². The molecule has 1 aromatic rings. The zero-order valence-corrected chi connectivity index (χ0v) is 11.7. The second kappa shape index (κ2) is 7.13. The van der Waals surface area contributed by atoms with Gasteiger partial charge in [-0.15, -0.1) is 0 Å². The van der Waals surface area contributed by atoms with Gasteiger partial charge >= 0.3 is 0 Å². The highest BCUT2D eigenvalue weighted by atomic mass is 16.2. The van der Waals surface area contributed by atoms with E-state index in [2.05, 4.69) is 6.92 Å². The van der Waals surface area contributed by atoms with Gasteiger partial charge in [-0.2, -0.15) is 0 Å². The van der Waals surface area contributed by atoms with Gasteiger partial charge in [0.2, 0.25) is 5.91 Å². The molecule has 0 radical (unpaired) electrons. The molecule has 1 aliphatic rings. The molecular formula is C17H23NO. The van der Waals surface area contributed by atoms with E-state index in [9.17, 15) is 4.79 Å². The molecule has 102 valence electrons. The van der Waals surface area contributed by atoms with Crippen LogP contribution in [0.2, 0.25) is 0 Å². The van der Waals surface area contributed by atoms with Crippen LogP contribution >= 0.6 is 0 Å². The van der Waals surface area contributed by atoms with Crippen molar-refractivity contribution in [2.24, 2.45) is 0 Å². The molecule has 0 aromatic heterocycles. The molecule has 1 amide bonds. The van der Waals surface area contributed by atoms with Crippen molar-refractivity contribution in [3.8, 4) is 0 Å². The second-order valence-electron chi connectivity index (χ2n) is 5.16. The minimum atomic E-state index is 0.151. The van der Waals surface area contributed by atoms with Crippen LogP contribution in [0.4, 0.5) is 0 Å². The Bertz CT molecular complexity index is 418. The second-order valence-corrected chi connectivity index (χ2v) is 5.16.